The number of ether oxygens (including phenoxy) is 2. The van der Waals surface area contributed by atoms with E-state index in [1.165, 1.54) is 6.92 Å². The number of halogens is 2. The van der Waals surface area contributed by atoms with Crippen LogP contribution in [0.25, 0.3) is 0 Å². The second-order valence-corrected chi connectivity index (χ2v) is 8.22. The summed E-state index contributed by atoms with van der Waals surface area (Å²) < 4.78 is 12.9. The summed E-state index contributed by atoms with van der Waals surface area (Å²) in [5, 5.41) is 2.85. The second-order valence-electron chi connectivity index (χ2n) is 6.64. The van der Waals surface area contributed by atoms with Crippen molar-refractivity contribution < 1.29 is 14.3 Å². The summed E-state index contributed by atoms with van der Waals surface area (Å²) in [7, 11) is 0. The number of aryl methyl sites for hydroxylation is 2. The number of nitrogens with two attached hydrogens (primary N) is 1. The van der Waals surface area contributed by atoms with Gasteiger partial charge in [0, 0.05) is 39.8 Å². The Kier molecular flexibility index (Phi) is 6.01. The van der Waals surface area contributed by atoms with Crippen LogP contribution in [0, 0.1) is 13.8 Å². The van der Waals surface area contributed by atoms with Crippen molar-refractivity contribution in [3.05, 3.63) is 43.3 Å². The van der Waals surface area contributed by atoms with E-state index < -0.39 is 0 Å². The zero-order chi connectivity index (χ0) is 19.7. The second kappa shape index (κ2) is 8.10. The van der Waals surface area contributed by atoms with Gasteiger partial charge in [0.15, 0.2) is 0 Å². The molecule has 0 atom stereocenters. The molecule has 2 aliphatic heterocycles. The molecule has 2 aromatic rings. The molecule has 2 aromatic carbocycles. The van der Waals surface area contributed by atoms with E-state index in [0.717, 1.165) is 73.5 Å². The summed E-state index contributed by atoms with van der Waals surface area (Å²) >= 11 is 6.94. The van der Waals surface area contributed by atoms with Gasteiger partial charge in [0.25, 0.3) is 0 Å². The van der Waals surface area contributed by atoms with E-state index in [1.807, 2.05) is 26.0 Å². The molecule has 3 N–H and O–H groups in total. The largest absolute Gasteiger partial charge is 0.493 e. The van der Waals surface area contributed by atoms with Crippen molar-refractivity contribution in [2.45, 2.75) is 33.6 Å². The maximum absolute atomic E-state index is 11.1. The number of nitrogens with one attached hydrogen (secondary N) is 1. The molecule has 2 heterocycles. The fourth-order valence-electron chi connectivity index (χ4n) is 3.22. The minimum absolute atomic E-state index is 0.0598. The standard InChI is InChI=1S/C11H12BrNO2.C9H10BrNO/c1-6-5-9-8(3-4-15-9)11(10(6)12)13-7(2)14;1-5-4-7-6(2-3-12-7)9(11)8(5)10/h5H,3-4H2,1-2H3,(H,13,14);4H,2-3,11H2,1H3. The number of anilines is 2. The Labute approximate surface area is 175 Å². The van der Waals surface area contributed by atoms with Crippen LogP contribution in [0.1, 0.15) is 29.2 Å². The van der Waals surface area contributed by atoms with Crippen LogP contribution in [0.2, 0.25) is 0 Å². The number of nitrogen functional groups attached to an aromatic ring is 1. The van der Waals surface area contributed by atoms with Crippen molar-refractivity contribution in [2.75, 3.05) is 24.3 Å². The summed E-state index contributed by atoms with van der Waals surface area (Å²) in [5.74, 6) is 1.78. The molecule has 7 heteroatoms. The highest BCUT2D eigenvalue weighted by Crippen LogP contribution is 2.40. The Hall–Kier alpha value is -1.73. The van der Waals surface area contributed by atoms with E-state index >= 15 is 0 Å². The topological polar surface area (TPSA) is 73.6 Å². The maximum atomic E-state index is 11.1. The lowest BCUT2D eigenvalue weighted by Crippen LogP contribution is -2.08. The SMILES string of the molecule is CC(=O)Nc1c(Br)c(C)cc2c1CCO2.Cc1cc2c(c(N)c1Br)CCO2. The van der Waals surface area contributed by atoms with Gasteiger partial charge in [-0.05, 0) is 69.0 Å². The van der Waals surface area contributed by atoms with E-state index in [-0.39, 0.29) is 5.91 Å². The molecule has 0 unspecified atom stereocenters. The van der Waals surface area contributed by atoms with Gasteiger partial charge in [0.1, 0.15) is 11.5 Å². The summed E-state index contributed by atoms with van der Waals surface area (Å²) in [6.07, 6.45) is 1.78. The molecular formula is C20H22Br2N2O3. The number of hydrogen-bond donors (Lipinski definition) is 2. The van der Waals surface area contributed by atoms with Gasteiger partial charge < -0.3 is 20.5 Å². The summed E-state index contributed by atoms with van der Waals surface area (Å²) in [6.45, 7) is 6.96. The van der Waals surface area contributed by atoms with Gasteiger partial charge >= 0.3 is 0 Å². The fourth-order valence-corrected chi connectivity index (χ4v) is 4.03. The first-order chi connectivity index (χ1) is 12.8. The smallest absolute Gasteiger partial charge is 0.221 e. The average molecular weight is 498 g/mol. The maximum Gasteiger partial charge on any atom is 0.221 e. The summed E-state index contributed by atoms with van der Waals surface area (Å²) in [6, 6.07) is 4.03. The zero-order valence-electron chi connectivity index (χ0n) is 15.5. The molecule has 0 spiro atoms. The molecule has 5 nitrogen and oxygen atoms in total. The zero-order valence-corrected chi connectivity index (χ0v) is 18.7. The van der Waals surface area contributed by atoms with Gasteiger partial charge in [0.2, 0.25) is 5.91 Å². The van der Waals surface area contributed by atoms with Crippen molar-refractivity contribution in [1.82, 2.24) is 0 Å². The fraction of sp³-hybridized carbons (Fsp3) is 0.350. The van der Waals surface area contributed by atoms with Gasteiger partial charge in [-0.1, -0.05) is 0 Å². The highest BCUT2D eigenvalue weighted by atomic mass is 79.9. The molecule has 2 aliphatic rings. The third kappa shape index (κ3) is 4.09. The average Bonchev–Trinajstić information content (AvgIpc) is 3.26. The Morgan fingerprint density at radius 3 is 2.11 bits per heavy atom. The number of amides is 1. The molecule has 0 fully saturated rings. The Balaban J connectivity index is 0.000000159. The van der Waals surface area contributed by atoms with Crippen LogP contribution >= 0.6 is 31.9 Å². The van der Waals surface area contributed by atoms with Gasteiger partial charge in [-0.25, -0.2) is 0 Å². The summed E-state index contributed by atoms with van der Waals surface area (Å²) in [4.78, 5) is 11.1. The molecule has 0 saturated carbocycles. The number of fused-ring (bicyclic) bond motifs is 2. The van der Waals surface area contributed by atoms with E-state index in [0.29, 0.717) is 6.61 Å². The predicted molar refractivity (Wildman–Crippen MR) is 115 cm³/mol. The molecule has 0 saturated heterocycles. The van der Waals surface area contributed by atoms with E-state index in [4.69, 9.17) is 15.2 Å². The number of benzene rings is 2. The predicted octanol–water partition coefficient (Wildman–Crippen LogP) is 4.93. The lowest BCUT2D eigenvalue weighted by Gasteiger charge is -2.12. The first-order valence-corrected chi connectivity index (χ1v) is 10.3. The van der Waals surface area contributed by atoms with E-state index in [9.17, 15) is 4.79 Å². The van der Waals surface area contributed by atoms with E-state index in [2.05, 4.69) is 37.2 Å². The summed E-state index contributed by atoms with van der Waals surface area (Å²) in [5.41, 5.74) is 12.0. The van der Waals surface area contributed by atoms with Crippen molar-refractivity contribution in [3.63, 3.8) is 0 Å². The Bertz CT molecular complexity index is 913. The third-order valence-corrected chi connectivity index (χ3v) is 6.66. The third-order valence-electron chi connectivity index (χ3n) is 4.59. The molecule has 27 heavy (non-hydrogen) atoms. The van der Waals surface area contributed by atoms with Gasteiger partial charge in [0.05, 0.1) is 24.6 Å². The Morgan fingerprint density at radius 1 is 1.00 bits per heavy atom. The first-order valence-electron chi connectivity index (χ1n) is 8.72. The van der Waals surface area contributed by atoms with Crippen LogP contribution in [0.5, 0.6) is 11.5 Å². The monoisotopic (exact) mass is 496 g/mol. The van der Waals surface area contributed by atoms with Gasteiger partial charge in [-0.3, -0.25) is 4.79 Å². The van der Waals surface area contributed by atoms with Crippen LogP contribution in [0.3, 0.4) is 0 Å². The van der Waals surface area contributed by atoms with Gasteiger partial charge in [-0.2, -0.15) is 0 Å². The molecule has 0 aromatic heterocycles. The minimum Gasteiger partial charge on any atom is -0.493 e. The van der Waals surface area contributed by atoms with E-state index in [1.54, 1.807) is 0 Å². The number of hydrogen-bond acceptors (Lipinski definition) is 4. The highest BCUT2D eigenvalue weighted by Gasteiger charge is 2.21. The van der Waals surface area contributed by atoms with Crippen molar-refractivity contribution in [2.24, 2.45) is 0 Å². The molecule has 0 aliphatic carbocycles. The molecule has 0 bridgehead atoms. The molecule has 144 valence electrons. The first kappa shape index (κ1) is 20.0. The molecule has 0 radical (unpaired) electrons. The lowest BCUT2D eigenvalue weighted by atomic mass is 10.1. The highest BCUT2D eigenvalue weighted by molar-refractivity contribution is 9.11. The van der Waals surface area contributed by atoms with Crippen LogP contribution in [-0.4, -0.2) is 19.1 Å². The number of carbonyl (C=O) groups is 1. The molecular weight excluding hydrogens is 476 g/mol. The molecule has 1 amide bonds. The number of carbonyl (C=O) groups excluding carboxylic acids is 1. The molecule has 4 rings (SSSR count). The number of rotatable bonds is 1. The van der Waals surface area contributed by atoms with Crippen molar-refractivity contribution >= 4 is 49.1 Å². The minimum atomic E-state index is -0.0598. The quantitative estimate of drug-likeness (QED) is 0.548. The normalized spacial score (nSPS) is 13.7. The van der Waals surface area contributed by atoms with Crippen LogP contribution in [0.15, 0.2) is 21.1 Å². The van der Waals surface area contributed by atoms with Crippen molar-refractivity contribution in [1.29, 1.82) is 0 Å². The van der Waals surface area contributed by atoms with Crippen LogP contribution in [-0.2, 0) is 17.6 Å². The lowest BCUT2D eigenvalue weighted by molar-refractivity contribution is -0.114. The Morgan fingerprint density at radius 2 is 1.52 bits per heavy atom. The van der Waals surface area contributed by atoms with Crippen molar-refractivity contribution in [3.8, 4) is 11.5 Å². The van der Waals surface area contributed by atoms with Gasteiger partial charge in [-0.15, -0.1) is 0 Å². The van der Waals surface area contributed by atoms with Crippen LogP contribution < -0.4 is 20.5 Å². The van der Waals surface area contributed by atoms with Crippen LogP contribution in [0.4, 0.5) is 11.4 Å².